The van der Waals surface area contributed by atoms with Crippen molar-refractivity contribution in [1.82, 2.24) is 14.8 Å². The number of nitrogens with zero attached hydrogens (tertiary/aromatic N) is 2. The third-order valence-electron chi connectivity index (χ3n) is 5.42. The van der Waals surface area contributed by atoms with Crippen molar-refractivity contribution in [3.63, 3.8) is 0 Å². The largest absolute Gasteiger partial charge is 0.496 e. The Balaban J connectivity index is 1.69. The van der Waals surface area contributed by atoms with Crippen LogP contribution in [0.15, 0.2) is 18.2 Å². The summed E-state index contributed by atoms with van der Waals surface area (Å²) in [5.41, 5.74) is 5.21. The van der Waals surface area contributed by atoms with Gasteiger partial charge >= 0.3 is 0 Å². The molecule has 0 atom stereocenters. The fourth-order valence-electron chi connectivity index (χ4n) is 3.65. The second-order valence-electron chi connectivity index (χ2n) is 7.14. The number of rotatable bonds is 3. The van der Waals surface area contributed by atoms with Crippen LogP contribution in [0.1, 0.15) is 43.2 Å². The van der Waals surface area contributed by atoms with E-state index in [9.17, 15) is 9.59 Å². The number of hydrogen-bond acceptors (Lipinski definition) is 3. The van der Waals surface area contributed by atoms with Crippen LogP contribution in [0.3, 0.4) is 0 Å². The topological polar surface area (TPSA) is 65.6 Å². The number of carbonyl (C=O) groups is 2. The van der Waals surface area contributed by atoms with Gasteiger partial charge < -0.3 is 19.5 Å². The zero-order valence-electron chi connectivity index (χ0n) is 16.7. The quantitative estimate of drug-likeness (QED) is 0.905. The molecular weight excluding hydrogens is 342 g/mol. The van der Waals surface area contributed by atoms with Crippen molar-refractivity contribution >= 4 is 11.8 Å². The van der Waals surface area contributed by atoms with E-state index in [0.717, 1.165) is 28.3 Å². The number of aryl methyl sites for hydroxylation is 2. The average molecular weight is 369 g/mol. The molecular formula is C21H27N3O3. The Morgan fingerprint density at radius 3 is 1.93 bits per heavy atom. The number of aromatic amines is 1. The lowest BCUT2D eigenvalue weighted by molar-refractivity contribution is 0.0534. The molecule has 1 aliphatic rings. The van der Waals surface area contributed by atoms with Gasteiger partial charge in [0.05, 0.1) is 12.7 Å². The lowest BCUT2D eigenvalue weighted by atomic mass is 10.0. The SMILES string of the molecule is COc1ccc(C(=O)N2CCN(C(=O)c3cc(C)[nH]c3C)CC2)c(C)c1C. The Morgan fingerprint density at radius 1 is 0.889 bits per heavy atom. The predicted molar refractivity (Wildman–Crippen MR) is 105 cm³/mol. The Labute approximate surface area is 160 Å². The monoisotopic (exact) mass is 369 g/mol. The Hall–Kier alpha value is -2.76. The molecule has 1 aliphatic heterocycles. The van der Waals surface area contributed by atoms with Crippen LogP contribution in [0.2, 0.25) is 0 Å². The Kier molecular flexibility index (Phi) is 5.26. The van der Waals surface area contributed by atoms with E-state index in [0.29, 0.717) is 37.3 Å². The molecule has 0 aliphatic carbocycles. The van der Waals surface area contributed by atoms with Gasteiger partial charge in [0.1, 0.15) is 5.75 Å². The van der Waals surface area contributed by atoms with E-state index in [4.69, 9.17) is 4.74 Å². The molecule has 1 saturated heterocycles. The van der Waals surface area contributed by atoms with Gasteiger partial charge in [-0.1, -0.05) is 0 Å². The second-order valence-corrected chi connectivity index (χ2v) is 7.14. The van der Waals surface area contributed by atoms with Crippen LogP contribution in [0, 0.1) is 27.7 Å². The van der Waals surface area contributed by atoms with Crippen molar-refractivity contribution in [3.05, 3.63) is 51.8 Å². The molecule has 0 spiro atoms. The van der Waals surface area contributed by atoms with Gasteiger partial charge in [0.25, 0.3) is 11.8 Å². The zero-order valence-corrected chi connectivity index (χ0v) is 16.7. The van der Waals surface area contributed by atoms with Gasteiger partial charge in [0.15, 0.2) is 0 Å². The zero-order chi connectivity index (χ0) is 19.7. The first-order valence-electron chi connectivity index (χ1n) is 9.22. The average Bonchev–Trinajstić information content (AvgIpc) is 3.01. The first kappa shape index (κ1) is 19.0. The van der Waals surface area contributed by atoms with Crippen LogP contribution in [-0.4, -0.2) is 59.9 Å². The molecule has 144 valence electrons. The number of benzene rings is 1. The lowest BCUT2D eigenvalue weighted by Gasteiger charge is -2.35. The fourth-order valence-corrected chi connectivity index (χ4v) is 3.65. The summed E-state index contributed by atoms with van der Waals surface area (Å²) in [6, 6.07) is 5.55. The molecule has 27 heavy (non-hydrogen) atoms. The predicted octanol–water partition coefficient (Wildman–Crippen LogP) is 2.86. The summed E-state index contributed by atoms with van der Waals surface area (Å²) in [6.07, 6.45) is 0. The molecule has 0 bridgehead atoms. The molecule has 2 amide bonds. The number of carbonyl (C=O) groups excluding carboxylic acids is 2. The first-order valence-corrected chi connectivity index (χ1v) is 9.22. The summed E-state index contributed by atoms with van der Waals surface area (Å²) in [5.74, 6) is 0.830. The summed E-state index contributed by atoms with van der Waals surface area (Å²) in [7, 11) is 1.63. The van der Waals surface area contributed by atoms with Gasteiger partial charge in [-0.3, -0.25) is 9.59 Å². The number of piperazine rings is 1. The van der Waals surface area contributed by atoms with Crippen LogP contribution in [0.5, 0.6) is 5.75 Å². The van der Waals surface area contributed by atoms with Crippen molar-refractivity contribution in [1.29, 1.82) is 0 Å². The van der Waals surface area contributed by atoms with Crippen molar-refractivity contribution in [2.24, 2.45) is 0 Å². The van der Waals surface area contributed by atoms with Crippen LogP contribution >= 0.6 is 0 Å². The molecule has 0 radical (unpaired) electrons. The highest BCUT2D eigenvalue weighted by atomic mass is 16.5. The van der Waals surface area contributed by atoms with Crippen molar-refractivity contribution in [3.8, 4) is 5.75 Å². The molecule has 6 heteroatoms. The van der Waals surface area contributed by atoms with Gasteiger partial charge in [0.2, 0.25) is 0 Å². The minimum Gasteiger partial charge on any atom is -0.496 e. The van der Waals surface area contributed by atoms with E-state index in [1.165, 1.54) is 0 Å². The van der Waals surface area contributed by atoms with Crippen LogP contribution in [0.4, 0.5) is 0 Å². The summed E-state index contributed by atoms with van der Waals surface area (Å²) in [6.45, 7) is 9.93. The van der Waals surface area contributed by atoms with Gasteiger partial charge in [-0.05, 0) is 57.0 Å². The van der Waals surface area contributed by atoms with Crippen molar-refractivity contribution in [2.75, 3.05) is 33.3 Å². The highest BCUT2D eigenvalue weighted by molar-refractivity contribution is 5.97. The molecule has 1 aromatic carbocycles. The molecule has 3 rings (SSSR count). The van der Waals surface area contributed by atoms with E-state index in [2.05, 4.69) is 4.98 Å². The van der Waals surface area contributed by atoms with Gasteiger partial charge in [-0.25, -0.2) is 0 Å². The number of methoxy groups -OCH3 is 1. The fraction of sp³-hybridized carbons (Fsp3) is 0.429. The molecule has 1 fully saturated rings. The normalized spacial score (nSPS) is 14.4. The summed E-state index contributed by atoms with van der Waals surface area (Å²) < 4.78 is 5.33. The molecule has 2 aromatic rings. The van der Waals surface area contributed by atoms with Crippen molar-refractivity contribution in [2.45, 2.75) is 27.7 Å². The molecule has 2 heterocycles. The van der Waals surface area contributed by atoms with Crippen LogP contribution in [-0.2, 0) is 0 Å². The Bertz CT molecular complexity index is 877. The second kappa shape index (κ2) is 7.47. The Morgan fingerprint density at radius 2 is 1.44 bits per heavy atom. The number of hydrogen-bond donors (Lipinski definition) is 1. The first-order chi connectivity index (χ1) is 12.8. The van der Waals surface area contributed by atoms with Crippen LogP contribution < -0.4 is 4.74 Å². The maximum absolute atomic E-state index is 13.0. The van der Waals surface area contributed by atoms with E-state index in [1.807, 2.05) is 55.7 Å². The van der Waals surface area contributed by atoms with Crippen molar-refractivity contribution < 1.29 is 14.3 Å². The maximum atomic E-state index is 13.0. The molecule has 1 N–H and O–H groups in total. The van der Waals surface area contributed by atoms with Gasteiger partial charge in [-0.2, -0.15) is 0 Å². The summed E-state index contributed by atoms with van der Waals surface area (Å²) >= 11 is 0. The summed E-state index contributed by atoms with van der Waals surface area (Å²) in [4.78, 5) is 32.5. The summed E-state index contributed by atoms with van der Waals surface area (Å²) in [5, 5.41) is 0. The highest BCUT2D eigenvalue weighted by Gasteiger charge is 2.27. The number of aromatic nitrogens is 1. The molecule has 1 aromatic heterocycles. The number of nitrogens with one attached hydrogen (secondary N) is 1. The minimum atomic E-state index is 0.0130. The van der Waals surface area contributed by atoms with E-state index in [1.54, 1.807) is 7.11 Å². The lowest BCUT2D eigenvalue weighted by Crippen LogP contribution is -2.50. The third kappa shape index (κ3) is 3.56. The third-order valence-corrected chi connectivity index (χ3v) is 5.42. The standard InChI is InChI=1S/C21H27N3O3/c1-13-12-18(16(4)22-13)21(26)24-10-8-23(9-11-24)20(25)17-6-7-19(27-5)15(3)14(17)2/h6-7,12,22H,8-11H2,1-5H3. The highest BCUT2D eigenvalue weighted by Crippen LogP contribution is 2.25. The van der Waals surface area contributed by atoms with Gasteiger partial charge in [0, 0.05) is 43.1 Å². The van der Waals surface area contributed by atoms with E-state index < -0.39 is 0 Å². The van der Waals surface area contributed by atoms with Gasteiger partial charge in [-0.15, -0.1) is 0 Å². The smallest absolute Gasteiger partial charge is 0.255 e. The maximum Gasteiger partial charge on any atom is 0.255 e. The van der Waals surface area contributed by atoms with E-state index >= 15 is 0 Å². The van der Waals surface area contributed by atoms with Crippen LogP contribution in [0.25, 0.3) is 0 Å². The number of H-pyrrole nitrogens is 1. The van der Waals surface area contributed by atoms with E-state index in [-0.39, 0.29) is 11.8 Å². The molecule has 0 saturated carbocycles. The molecule has 0 unspecified atom stereocenters. The number of amides is 2. The molecule has 6 nitrogen and oxygen atoms in total. The minimum absolute atomic E-state index is 0.0130. The number of ether oxygens (including phenoxy) is 1.